The molecule has 0 aromatic heterocycles. The van der Waals surface area contributed by atoms with Crippen LogP contribution in [0.1, 0.15) is 16.8 Å². The number of rotatable bonds is 4. The summed E-state index contributed by atoms with van der Waals surface area (Å²) < 4.78 is 0. The van der Waals surface area contributed by atoms with Crippen molar-refractivity contribution < 1.29 is 9.72 Å². The van der Waals surface area contributed by atoms with Crippen LogP contribution >= 0.6 is 0 Å². The lowest BCUT2D eigenvalue weighted by atomic mass is 10.2. The van der Waals surface area contributed by atoms with E-state index in [1.54, 1.807) is 12.1 Å². The number of carbonyl (C=O) groups is 1. The molecule has 90 valence electrons. The summed E-state index contributed by atoms with van der Waals surface area (Å²) in [7, 11) is -0.0997. The van der Waals surface area contributed by atoms with Crippen LogP contribution in [0.15, 0.2) is 30.3 Å². The highest BCUT2D eigenvalue weighted by molar-refractivity contribution is 7.97. The van der Waals surface area contributed by atoms with Gasteiger partial charge < -0.3 is 0 Å². The van der Waals surface area contributed by atoms with Crippen LogP contribution in [0, 0.1) is 10.1 Å². The molecule has 0 saturated carbocycles. The minimum Gasteiger partial charge on any atom is -0.289 e. The second-order valence-corrected chi connectivity index (χ2v) is 6.40. The van der Waals surface area contributed by atoms with Crippen molar-refractivity contribution in [1.29, 1.82) is 0 Å². The van der Waals surface area contributed by atoms with Crippen molar-refractivity contribution in [3.8, 4) is 0 Å². The third-order valence-corrected chi connectivity index (χ3v) is 5.24. The number of hydrogen-bond donors (Lipinski definition) is 0. The van der Waals surface area contributed by atoms with E-state index in [9.17, 15) is 14.9 Å². The molecule has 0 aliphatic carbocycles. The van der Waals surface area contributed by atoms with Gasteiger partial charge in [0.2, 0.25) is 5.78 Å². The summed E-state index contributed by atoms with van der Waals surface area (Å²) >= 11 is 0. The first kappa shape index (κ1) is 12.1. The van der Waals surface area contributed by atoms with E-state index >= 15 is 0 Å². The van der Waals surface area contributed by atoms with Gasteiger partial charge >= 0.3 is 0 Å². The predicted octanol–water partition coefficient (Wildman–Crippen LogP) is 1.54. The Labute approximate surface area is 103 Å². The molecule has 2 unspecified atom stereocenters. The first-order chi connectivity index (χ1) is 8.16. The lowest BCUT2D eigenvalue weighted by molar-refractivity contribution is -0.515. The van der Waals surface area contributed by atoms with Crippen LogP contribution < -0.4 is 0 Å². The molecule has 1 aromatic carbocycles. The van der Waals surface area contributed by atoms with Gasteiger partial charge in [-0.2, -0.15) is 0 Å². The van der Waals surface area contributed by atoms with E-state index in [-0.39, 0.29) is 21.6 Å². The number of nitro groups is 1. The van der Waals surface area contributed by atoms with Gasteiger partial charge in [-0.05, 0) is 0 Å². The van der Waals surface area contributed by atoms with Gasteiger partial charge in [0.1, 0.15) is 5.75 Å². The standard InChI is InChI=1S/C12H14NO3S/c14-12(10-4-2-1-3-5-10)9-17-7-6-11(8-17)13(15)16/h1-5,11H,6-9H2/q+1. The monoisotopic (exact) mass is 252 g/mol. The molecule has 1 saturated heterocycles. The maximum Gasteiger partial charge on any atom is 0.261 e. The molecule has 1 aromatic rings. The largest absolute Gasteiger partial charge is 0.289 e. The van der Waals surface area contributed by atoms with Crippen LogP contribution in [0.25, 0.3) is 0 Å². The summed E-state index contributed by atoms with van der Waals surface area (Å²) in [5, 5.41) is 10.6. The van der Waals surface area contributed by atoms with E-state index in [0.717, 1.165) is 5.75 Å². The highest BCUT2D eigenvalue weighted by atomic mass is 32.2. The Kier molecular flexibility index (Phi) is 3.78. The molecule has 0 N–H and O–H groups in total. The van der Waals surface area contributed by atoms with Crippen LogP contribution in [0.2, 0.25) is 0 Å². The number of nitrogens with zero attached hydrogens (tertiary/aromatic N) is 1. The van der Waals surface area contributed by atoms with Gasteiger partial charge in [-0.1, -0.05) is 30.3 Å². The molecule has 1 heterocycles. The van der Waals surface area contributed by atoms with Crippen molar-refractivity contribution in [3.05, 3.63) is 46.0 Å². The second kappa shape index (κ2) is 5.31. The van der Waals surface area contributed by atoms with E-state index in [0.29, 0.717) is 23.5 Å². The molecule has 4 nitrogen and oxygen atoms in total. The van der Waals surface area contributed by atoms with Crippen LogP contribution in [-0.4, -0.2) is 34.0 Å². The summed E-state index contributed by atoms with van der Waals surface area (Å²) in [6.45, 7) is 0. The molecule has 2 rings (SSSR count). The average Bonchev–Trinajstić information content (AvgIpc) is 2.79. The quantitative estimate of drug-likeness (QED) is 0.353. The van der Waals surface area contributed by atoms with Gasteiger partial charge in [0, 0.05) is 21.4 Å². The number of hydrogen-bond acceptors (Lipinski definition) is 3. The van der Waals surface area contributed by atoms with Crippen molar-refractivity contribution >= 4 is 16.7 Å². The molecule has 0 bridgehead atoms. The Morgan fingerprint density at radius 2 is 2.12 bits per heavy atom. The highest BCUT2D eigenvalue weighted by Gasteiger charge is 2.41. The fourth-order valence-electron chi connectivity index (χ4n) is 1.93. The molecule has 0 radical (unpaired) electrons. The first-order valence-corrected chi connectivity index (χ1v) is 7.26. The Hall–Kier alpha value is -1.36. The molecule has 0 spiro atoms. The fraction of sp³-hybridized carbons (Fsp3) is 0.417. The Morgan fingerprint density at radius 3 is 2.71 bits per heavy atom. The SMILES string of the molecule is O=C(C[S+]1CCC([N+](=O)[O-])C1)c1ccccc1. The van der Waals surface area contributed by atoms with Gasteiger partial charge in [-0.25, -0.2) is 0 Å². The molecule has 1 aliphatic heterocycles. The van der Waals surface area contributed by atoms with E-state index in [2.05, 4.69) is 0 Å². The van der Waals surface area contributed by atoms with Crippen LogP contribution in [0.5, 0.6) is 0 Å². The minimum absolute atomic E-state index is 0.0997. The van der Waals surface area contributed by atoms with Gasteiger partial charge in [0.25, 0.3) is 6.04 Å². The maximum absolute atomic E-state index is 11.9. The molecule has 17 heavy (non-hydrogen) atoms. The molecule has 1 fully saturated rings. The summed E-state index contributed by atoms with van der Waals surface area (Å²) in [5.74, 6) is 1.97. The Bertz CT molecular complexity index is 421. The molecular formula is C12H14NO3S+. The Morgan fingerprint density at radius 1 is 1.41 bits per heavy atom. The van der Waals surface area contributed by atoms with E-state index in [1.165, 1.54) is 0 Å². The van der Waals surface area contributed by atoms with Crippen molar-refractivity contribution in [2.45, 2.75) is 12.5 Å². The molecule has 0 amide bonds. The molecular weight excluding hydrogens is 238 g/mol. The predicted molar refractivity (Wildman–Crippen MR) is 68.1 cm³/mol. The van der Waals surface area contributed by atoms with Gasteiger partial charge in [-0.3, -0.25) is 14.9 Å². The third-order valence-electron chi connectivity index (χ3n) is 2.90. The zero-order valence-electron chi connectivity index (χ0n) is 9.37. The van der Waals surface area contributed by atoms with Crippen molar-refractivity contribution in [2.75, 3.05) is 17.3 Å². The maximum atomic E-state index is 11.9. The summed E-state index contributed by atoms with van der Waals surface area (Å²) in [4.78, 5) is 22.3. The number of Topliss-reactive ketones (excluding diaryl/α,β-unsaturated/α-hetero) is 1. The molecule has 5 heteroatoms. The highest BCUT2D eigenvalue weighted by Crippen LogP contribution is 2.18. The zero-order chi connectivity index (χ0) is 12.3. The van der Waals surface area contributed by atoms with E-state index < -0.39 is 6.04 Å². The summed E-state index contributed by atoms with van der Waals surface area (Å²) in [5.41, 5.74) is 0.713. The van der Waals surface area contributed by atoms with Gasteiger partial charge in [0.05, 0.1) is 6.42 Å². The minimum atomic E-state index is -0.429. The Balaban J connectivity index is 1.91. The summed E-state index contributed by atoms with van der Waals surface area (Å²) in [6.07, 6.45) is 0.623. The second-order valence-electron chi connectivity index (χ2n) is 4.14. The smallest absolute Gasteiger partial charge is 0.261 e. The van der Waals surface area contributed by atoms with Crippen molar-refractivity contribution in [1.82, 2.24) is 0 Å². The fourth-order valence-corrected chi connectivity index (χ4v) is 4.34. The van der Waals surface area contributed by atoms with E-state index in [1.807, 2.05) is 18.2 Å². The average molecular weight is 252 g/mol. The molecule has 2 atom stereocenters. The van der Waals surface area contributed by atoms with Crippen LogP contribution in [0.4, 0.5) is 0 Å². The van der Waals surface area contributed by atoms with Gasteiger partial charge in [-0.15, -0.1) is 0 Å². The number of carbonyl (C=O) groups excluding carboxylic acids is 1. The number of ketones is 1. The third kappa shape index (κ3) is 3.06. The summed E-state index contributed by atoms with van der Waals surface area (Å²) in [6, 6.07) is 8.72. The zero-order valence-corrected chi connectivity index (χ0v) is 10.2. The number of benzene rings is 1. The van der Waals surface area contributed by atoms with Crippen molar-refractivity contribution in [2.24, 2.45) is 0 Å². The van der Waals surface area contributed by atoms with Gasteiger partial charge in [0.15, 0.2) is 11.5 Å². The van der Waals surface area contributed by atoms with Crippen LogP contribution in [0.3, 0.4) is 0 Å². The van der Waals surface area contributed by atoms with Crippen LogP contribution in [-0.2, 0) is 10.9 Å². The van der Waals surface area contributed by atoms with Crippen molar-refractivity contribution in [3.63, 3.8) is 0 Å². The first-order valence-electron chi connectivity index (χ1n) is 5.52. The van der Waals surface area contributed by atoms with E-state index in [4.69, 9.17) is 0 Å². The lowest BCUT2D eigenvalue weighted by Crippen LogP contribution is -2.23. The topological polar surface area (TPSA) is 60.2 Å². The normalized spacial score (nSPS) is 23.5. The lowest BCUT2D eigenvalue weighted by Gasteiger charge is -2.00. The molecule has 1 aliphatic rings.